The van der Waals surface area contributed by atoms with Gasteiger partial charge in [-0.05, 0) is 43.4 Å². The summed E-state index contributed by atoms with van der Waals surface area (Å²) in [6, 6.07) is 5.86. The molecule has 0 spiro atoms. The van der Waals surface area contributed by atoms with Crippen molar-refractivity contribution in [3.8, 4) is 11.5 Å². The summed E-state index contributed by atoms with van der Waals surface area (Å²) in [5.74, 6) is 1.53. The van der Waals surface area contributed by atoms with Gasteiger partial charge in [-0.15, -0.1) is 0 Å². The van der Waals surface area contributed by atoms with E-state index in [-0.39, 0.29) is 11.4 Å². The zero-order valence-corrected chi connectivity index (χ0v) is 13.7. The number of benzene rings is 1. The van der Waals surface area contributed by atoms with E-state index in [1.54, 1.807) is 7.11 Å². The molecule has 0 bridgehead atoms. The van der Waals surface area contributed by atoms with E-state index in [1.807, 2.05) is 25.1 Å². The lowest BCUT2D eigenvalue weighted by molar-refractivity contribution is -0.140. The molecule has 0 aromatic heterocycles. The molecule has 0 N–H and O–H groups in total. The van der Waals surface area contributed by atoms with Crippen molar-refractivity contribution in [1.82, 2.24) is 0 Å². The molecule has 0 radical (unpaired) electrons. The second-order valence-electron chi connectivity index (χ2n) is 5.61. The largest absolute Gasteiger partial charge is 0.497 e. The van der Waals surface area contributed by atoms with Gasteiger partial charge in [0.25, 0.3) is 0 Å². The Labute approximate surface area is 127 Å². The van der Waals surface area contributed by atoms with Crippen LogP contribution < -0.4 is 9.47 Å². The minimum atomic E-state index is -0.165. The smallest absolute Gasteiger partial charge is 0.305 e. The van der Waals surface area contributed by atoms with Crippen molar-refractivity contribution in [2.24, 2.45) is 0 Å². The van der Waals surface area contributed by atoms with Crippen LogP contribution >= 0.6 is 0 Å². The minimum Gasteiger partial charge on any atom is -0.497 e. The number of carbonyl (C=O) groups excluding carboxylic acids is 1. The summed E-state index contributed by atoms with van der Waals surface area (Å²) in [5.41, 5.74) is 1.00. The highest BCUT2D eigenvalue weighted by Crippen LogP contribution is 2.38. The van der Waals surface area contributed by atoms with Gasteiger partial charge in [0.05, 0.1) is 20.8 Å². The van der Waals surface area contributed by atoms with Gasteiger partial charge in [-0.2, -0.15) is 0 Å². The fourth-order valence-corrected chi connectivity index (χ4v) is 2.36. The minimum absolute atomic E-state index is 0.104. The molecule has 0 aliphatic heterocycles. The van der Waals surface area contributed by atoms with E-state index in [4.69, 9.17) is 9.47 Å². The Balaban J connectivity index is 2.90. The van der Waals surface area contributed by atoms with Crippen molar-refractivity contribution in [2.75, 3.05) is 20.8 Å². The molecule has 118 valence electrons. The van der Waals surface area contributed by atoms with Crippen LogP contribution in [-0.4, -0.2) is 26.8 Å². The second kappa shape index (κ2) is 7.91. The molecule has 1 rings (SSSR count). The van der Waals surface area contributed by atoms with Crippen LogP contribution in [0.3, 0.4) is 0 Å². The van der Waals surface area contributed by atoms with Crippen LogP contribution in [0.4, 0.5) is 0 Å². The number of carbonyl (C=O) groups is 1. The third-order valence-electron chi connectivity index (χ3n) is 3.63. The molecule has 4 nitrogen and oxygen atoms in total. The zero-order chi connectivity index (χ0) is 15.9. The molecule has 0 saturated carbocycles. The Morgan fingerprint density at radius 3 is 2.52 bits per heavy atom. The van der Waals surface area contributed by atoms with Crippen LogP contribution in [0.1, 0.15) is 45.6 Å². The van der Waals surface area contributed by atoms with Crippen LogP contribution in [0.5, 0.6) is 11.5 Å². The first-order valence-electron chi connectivity index (χ1n) is 7.32. The molecular weight excluding hydrogens is 268 g/mol. The predicted octanol–water partition coefficient (Wildman–Crippen LogP) is 3.71. The maximum Gasteiger partial charge on any atom is 0.305 e. The van der Waals surface area contributed by atoms with E-state index in [2.05, 4.69) is 18.6 Å². The molecule has 0 aliphatic rings. The number of esters is 1. The van der Waals surface area contributed by atoms with Gasteiger partial charge in [-0.1, -0.05) is 13.8 Å². The highest BCUT2D eigenvalue weighted by molar-refractivity contribution is 5.69. The maximum absolute atomic E-state index is 11.2. The number of ether oxygens (including phenoxy) is 3. The van der Waals surface area contributed by atoms with E-state index in [0.717, 1.165) is 29.9 Å². The van der Waals surface area contributed by atoms with Crippen LogP contribution in [0, 0.1) is 0 Å². The first-order chi connectivity index (χ1) is 9.94. The van der Waals surface area contributed by atoms with Crippen molar-refractivity contribution in [1.29, 1.82) is 0 Å². The summed E-state index contributed by atoms with van der Waals surface area (Å²) in [6.07, 6.45) is 2.09. The van der Waals surface area contributed by atoms with Crippen molar-refractivity contribution >= 4 is 5.97 Å². The molecule has 0 amide bonds. The van der Waals surface area contributed by atoms with Gasteiger partial charge in [0.1, 0.15) is 11.5 Å². The molecule has 1 aromatic carbocycles. The Hall–Kier alpha value is -1.71. The number of hydrogen-bond donors (Lipinski definition) is 0. The Kier molecular flexibility index (Phi) is 6.53. The monoisotopic (exact) mass is 294 g/mol. The SMILES string of the molecule is CCOc1ccc(OC)cc1C(C)(C)CCCC(=O)OC. The maximum atomic E-state index is 11.2. The first kappa shape index (κ1) is 17.3. The standard InChI is InChI=1S/C17H26O4/c1-6-21-15-10-9-13(19-4)12-14(15)17(2,3)11-7-8-16(18)20-5/h9-10,12H,6-8,11H2,1-5H3. The van der Waals surface area contributed by atoms with Crippen LogP contribution in [0.25, 0.3) is 0 Å². The van der Waals surface area contributed by atoms with E-state index in [0.29, 0.717) is 13.0 Å². The fraction of sp³-hybridized carbons (Fsp3) is 0.588. The Morgan fingerprint density at radius 2 is 1.95 bits per heavy atom. The molecule has 0 aliphatic carbocycles. The molecule has 0 unspecified atom stereocenters. The third-order valence-corrected chi connectivity index (χ3v) is 3.63. The molecule has 4 heteroatoms. The summed E-state index contributed by atoms with van der Waals surface area (Å²) in [7, 11) is 3.08. The van der Waals surface area contributed by atoms with E-state index in [9.17, 15) is 4.79 Å². The summed E-state index contributed by atoms with van der Waals surface area (Å²) in [4.78, 5) is 11.2. The molecule has 0 heterocycles. The topological polar surface area (TPSA) is 44.8 Å². The number of hydrogen-bond acceptors (Lipinski definition) is 4. The van der Waals surface area contributed by atoms with E-state index in [1.165, 1.54) is 7.11 Å². The molecule has 0 fully saturated rings. The molecule has 21 heavy (non-hydrogen) atoms. The number of methoxy groups -OCH3 is 2. The highest BCUT2D eigenvalue weighted by atomic mass is 16.5. The second-order valence-corrected chi connectivity index (χ2v) is 5.61. The summed E-state index contributed by atoms with van der Waals surface area (Å²) >= 11 is 0. The Bertz CT molecular complexity index is 466. The number of rotatable bonds is 8. The summed E-state index contributed by atoms with van der Waals surface area (Å²) < 4.78 is 15.7. The van der Waals surface area contributed by atoms with Crippen molar-refractivity contribution in [3.63, 3.8) is 0 Å². The van der Waals surface area contributed by atoms with Crippen molar-refractivity contribution in [3.05, 3.63) is 23.8 Å². The van der Waals surface area contributed by atoms with Crippen molar-refractivity contribution in [2.45, 2.75) is 45.4 Å². The first-order valence-corrected chi connectivity index (χ1v) is 7.32. The van der Waals surface area contributed by atoms with Crippen LogP contribution in [-0.2, 0) is 14.9 Å². The molecule has 0 saturated heterocycles. The lowest BCUT2D eigenvalue weighted by atomic mass is 9.79. The van der Waals surface area contributed by atoms with Crippen LogP contribution in [0.2, 0.25) is 0 Å². The van der Waals surface area contributed by atoms with Crippen LogP contribution in [0.15, 0.2) is 18.2 Å². The van der Waals surface area contributed by atoms with Crippen molar-refractivity contribution < 1.29 is 19.0 Å². The molecule has 0 atom stereocenters. The van der Waals surface area contributed by atoms with E-state index >= 15 is 0 Å². The normalized spacial score (nSPS) is 11.1. The van der Waals surface area contributed by atoms with Gasteiger partial charge >= 0.3 is 5.97 Å². The highest BCUT2D eigenvalue weighted by Gasteiger charge is 2.25. The predicted molar refractivity (Wildman–Crippen MR) is 83.1 cm³/mol. The van der Waals surface area contributed by atoms with Gasteiger partial charge in [0, 0.05) is 12.0 Å². The zero-order valence-electron chi connectivity index (χ0n) is 13.7. The van der Waals surface area contributed by atoms with Gasteiger partial charge in [-0.25, -0.2) is 0 Å². The fourth-order valence-electron chi connectivity index (χ4n) is 2.36. The van der Waals surface area contributed by atoms with Gasteiger partial charge in [0.2, 0.25) is 0 Å². The quantitative estimate of drug-likeness (QED) is 0.686. The third kappa shape index (κ3) is 4.96. The molecule has 1 aromatic rings. The average Bonchev–Trinajstić information content (AvgIpc) is 2.47. The van der Waals surface area contributed by atoms with Gasteiger partial charge < -0.3 is 14.2 Å². The lowest BCUT2D eigenvalue weighted by Crippen LogP contribution is -2.19. The summed E-state index contributed by atoms with van der Waals surface area (Å²) in [6.45, 7) is 6.90. The average molecular weight is 294 g/mol. The Morgan fingerprint density at radius 1 is 1.24 bits per heavy atom. The van der Waals surface area contributed by atoms with Gasteiger partial charge in [0.15, 0.2) is 0 Å². The molecular formula is C17H26O4. The van der Waals surface area contributed by atoms with E-state index < -0.39 is 0 Å². The lowest BCUT2D eigenvalue weighted by Gasteiger charge is -2.28. The van der Waals surface area contributed by atoms with Gasteiger partial charge in [-0.3, -0.25) is 4.79 Å². The summed E-state index contributed by atoms with van der Waals surface area (Å²) in [5, 5.41) is 0.